The maximum atomic E-state index is 12.9. The van der Waals surface area contributed by atoms with E-state index in [2.05, 4.69) is 10.5 Å². The fraction of sp³-hybridized carbons (Fsp3) is 0.300. The highest BCUT2D eigenvalue weighted by molar-refractivity contribution is 5.91. The van der Waals surface area contributed by atoms with E-state index in [1.807, 2.05) is 72.1 Å². The summed E-state index contributed by atoms with van der Waals surface area (Å²) in [6, 6.07) is 11.7. The first-order chi connectivity index (χ1) is 12.6. The largest absolute Gasteiger partial charge is 0.359 e. The van der Waals surface area contributed by atoms with Gasteiger partial charge in [0.2, 0.25) is 0 Å². The lowest BCUT2D eigenvalue weighted by Gasteiger charge is -2.24. The van der Waals surface area contributed by atoms with Crippen molar-refractivity contribution in [1.82, 2.24) is 14.6 Å². The van der Waals surface area contributed by atoms with E-state index in [0.717, 1.165) is 41.2 Å². The summed E-state index contributed by atoms with van der Waals surface area (Å²) in [5.74, 6) is 0.757. The number of amides is 2. The Kier molecular flexibility index (Phi) is 4.24. The number of nitrogens with zero attached hydrogens (tertiary/aromatic N) is 3. The topological polar surface area (TPSA) is 63.3 Å². The predicted molar refractivity (Wildman–Crippen MR) is 99.4 cm³/mol. The molecule has 0 aliphatic carbocycles. The summed E-state index contributed by atoms with van der Waals surface area (Å²) in [5, 5.41) is 7.03. The molecule has 0 bridgehead atoms. The van der Waals surface area contributed by atoms with E-state index in [4.69, 9.17) is 4.52 Å². The number of carbonyl (C=O) groups excluding carboxylic acids is 1. The summed E-state index contributed by atoms with van der Waals surface area (Å²) in [6.07, 6.45) is 5.85. The van der Waals surface area contributed by atoms with Crippen molar-refractivity contribution in [1.29, 1.82) is 0 Å². The average molecular weight is 350 g/mol. The van der Waals surface area contributed by atoms with E-state index in [-0.39, 0.29) is 12.1 Å². The Hall–Kier alpha value is -3.02. The molecule has 4 rings (SSSR count). The molecule has 1 N–H and O–H groups in total. The molecule has 6 heteroatoms. The molecular formula is C20H22N4O2. The zero-order valence-corrected chi connectivity index (χ0v) is 15.0. The van der Waals surface area contributed by atoms with E-state index in [0.29, 0.717) is 6.54 Å². The third-order valence-corrected chi connectivity index (χ3v) is 4.92. The fourth-order valence-electron chi connectivity index (χ4n) is 3.57. The summed E-state index contributed by atoms with van der Waals surface area (Å²) >= 11 is 0. The van der Waals surface area contributed by atoms with Crippen LogP contribution in [0.25, 0.3) is 5.69 Å². The van der Waals surface area contributed by atoms with Gasteiger partial charge >= 0.3 is 6.03 Å². The van der Waals surface area contributed by atoms with Gasteiger partial charge in [0.05, 0.1) is 11.7 Å². The number of hydrogen-bond acceptors (Lipinski definition) is 3. The van der Waals surface area contributed by atoms with Gasteiger partial charge in [-0.2, -0.15) is 0 Å². The summed E-state index contributed by atoms with van der Waals surface area (Å²) in [7, 11) is 0. The Morgan fingerprint density at radius 1 is 1.23 bits per heavy atom. The van der Waals surface area contributed by atoms with Gasteiger partial charge in [-0.15, -0.1) is 0 Å². The highest BCUT2D eigenvalue weighted by Gasteiger charge is 2.32. The van der Waals surface area contributed by atoms with Gasteiger partial charge in [-0.1, -0.05) is 11.2 Å². The molecule has 1 saturated heterocycles. The second kappa shape index (κ2) is 6.71. The second-order valence-corrected chi connectivity index (χ2v) is 6.69. The minimum atomic E-state index is -0.102. The van der Waals surface area contributed by atoms with Gasteiger partial charge in [0.1, 0.15) is 0 Å². The van der Waals surface area contributed by atoms with Crippen LogP contribution in [0, 0.1) is 13.8 Å². The average Bonchev–Trinajstić information content (AvgIpc) is 3.37. The smallest absolute Gasteiger partial charge is 0.322 e. The molecule has 2 aromatic heterocycles. The van der Waals surface area contributed by atoms with Gasteiger partial charge < -0.3 is 19.3 Å². The Morgan fingerprint density at radius 2 is 2.04 bits per heavy atom. The van der Waals surface area contributed by atoms with Gasteiger partial charge in [0.15, 0.2) is 5.76 Å². The van der Waals surface area contributed by atoms with Gasteiger partial charge in [-0.3, -0.25) is 0 Å². The maximum Gasteiger partial charge on any atom is 0.322 e. The number of hydrogen-bond donors (Lipinski definition) is 1. The van der Waals surface area contributed by atoms with E-state index in [1.54, 1.807) is 0 Å². The lowest BCUT2D eigenvalue weighted by molar-refractivity contribution is 0.195. The highest BCUT2D eigenvalue weighted by Crippen LogP contribution is 2.33. The van der Waals surface area contributed by atoms with Crippen LogP contribution in [0.4, 0.5) is 10.5 Å². The van der Waals surface area contributed by atoms with Crippen LogP contribution in [0.3, 0.4) is 0 Å². The number of likely N-dealkylation sites (tertiary alicyclic amines) is 1. The third kappa shape index (κ3) is 2.98. The third-order valence-electron chi connectivity index (χ3n) is 4.92. The Bertz CT molecular complexity index is 914. The molecule has 1 aromatic carbocycles. The first-order valence-corrected chi connectivity index (χ1v) is 8.87. The van der Waals surface area contributed by atoms with E-state index in [1.165, 1.54) is 0 Å². The Labute approximate surface area is 152 Å². The van der Waals surface area contributed by atoms with Gasteiger partial charge in [0.25, 0.3) is 0 Å². The van der Waals surface area contributed by atoms with Crippen LogP contribution in [-0.4, -0.2) is 27.2 Å². The number of carbonyl (C=O) groups is 1. The maximum absolute atomic E-state index is 12.9. The molecule has 0 radical (unpaired) electrons. The summed E-state index contributed by atoms with van der Waals surface area (Å²) in [4.78, 5) is 14.7. The van der Waals surface area contributed by atoms with Crippen molar-refractivity contribution in [2.75, 3.05) is 11.9 Å². The minimum Gasteiger partial charge on any atom is -0.359 e. The lowest BCUT2D eigenvalue weighted by Crippen LogP contribution is -2.34. The Balaban J connectivity index is 1.56. The van der Waals surface area contributed by atoms with Crippen molar-refractivity contribution in [2.24, 2.45) is 0 Å². The number of rotatable bonds is 3. The van der Waals surface area contributed by atoms with Crippen molar-refractivity contribution >= 4 is 11.7 Å². The molecular weight excluding hydrogens is 328 g/mol. The van der Waals surface area contributed by atoms with Crippen LogP contribution in [0.1, 0.15) is 35.9 Å². The summed E-state index contributed by atoms with van der Waals surface area (Å²) < 4.78 is 7.44. The molecule has 134 valence electrons. The molecule has 26 heavy (non-hydrogen) atoms. The van der Waals surface area contributed by atoms with E-state index >= 15 is 0 Å². The lowest BCUT2D eigenvalue weighted by atomic mass is 10.1. The standard InChI is InChI=1S/C20H22N4O2/c1-14-13-19(26-22-14)18-9-6-12-24(18)20(25)21-16-7-5-8-17(15(16)2)23-10-3-4-11-23/h3-5,7-8,10-11,13,18H,6,9,12H2,1-2H3,(H,21,25). The molecule has 3 heterocycles. The molecule has 1 unspecified atom stereocenters. The van der Waals surface area contributed by atoms with Crippen LogP contribution < -0.4 is 5.32 Å². The molecule has 0 saturated carbocycles. The fourth-order valence-corrected chi connectivity index (χ4v) is 3.57. The summed E-state index contributed by atoms with van der Waals surface area (Å²) in [5.41, 5.74) is 3.74. The molecule has 1 atom stereocenters. The highest BCUT2D eigenvalue weighted by atomic mass is 16.5. The van der Waals surface area contributed by atoms with Gasteiger partial charge in [-0.05, 0) is 56.5 Å². The number of nitrogens with one attached hydrogen (secondary N) is 1. The van der Waals surface area contributed by atoms with Crippen LogP contribution in [0.15, 0.2) is 53.3 Å². The van der Waals surface area contributed by atoms with Crippen LogP contribution >= 0.6 is 0 Å². The number of anilines is 1. The zero-order chi connectivity index (χ0) is 18.1. The van der Waals surface area contributed by atoms with Gasteiger partial charge in [0, 0.05) is 36.4 Å². The molecule has 3 aromatic rings. The van der Waals surface area contributed by atoms with Crippen molar-refractivity contribution in [3.63, 3.8) is 0 Å². The van der Waals surface area contributed by atoms with E-state index < -0.39 is 0 Å². The van der Waals surface area contributed by atoms with Crippen LogP contribution in [0.2, 0.25) is 0 Å². The molecule has 6 nitrogen and oxygen atoms in total. The molecule has 2 amide bonds. The second-order valence-electron chi connectivity index (χ2n) is 6.69. The van der Waals surface area contributed by atoms with Crippen LogP contribution in [0.5, 0.6) is 0 Å². The zero-order valence-electron chi connectivity index (χ0n) is 15.0. The molecule has 1 aliphatic rings. The van der Waals surface area contributed by atoms with Crippen molar-refractivity contribution in [3.05, 3.63) is 65.8 Å². The summed E-state index contributed by atoms with van der Waals surface area (Å²) in [6.45, 7) is 4.63. The number of urea groups is 1. The van der Waals surface area contributed by atoms with Crippen molar-refractivity contribution in [2.45, 2.75) is 32.7 Å². The van der Waals surface area contributed by atoms with Crippen molar-refractivity contribution in [3.8, 4) is 5.69 Å². The van der Waals surface area contributed by atoms with Crippen LogP contribution in [-0.2, 0) is 0 Å². The minimum absolute atomic E-state index is 0.0517. The van der Waals surface area contributed by atoms with Crippen molar-refractivity contribution < 1.29 is 9.32 Å². The predicted octanol–water partition coefficient (Wildman–Crippen LogP) is 4.45. The Morgan fingerprint density at radius 3 is 2.77 bits per heavy atom. The van der Waals surface area contributed by atoms with Gasteiger partial charge in [-0.25, -0.2) is 4.79 Å². The SMILES string of the molecule is Cc1cc(C2CCCN2C(=O)Nc2cccc(-n3cccc3)c2C)on1. The normalized spacial score (nSPS) is 16.8. The quantitative estimate of drug-likeness (QED) is 0.759. The molecule has 1 aliphatic heterocycles. The number of aryl methyl sites for hydroxylation is 1. The monoisotopic (exact) mass is 350 g/mol. The first kappa shape index (κ1) is 16.4. The number of benzene rings is 1. The van der Waals surface area contributed by atoms with E-state index in [9.17, 15) is 4.79 Å². The number of aromatic nitrogens is 2. The molecule has 0 spiro atoms. The first-order valence-electron chi connectivity index (χ1n) is 8.87. The molecule has 1 fully saturated rings.